The molecule has 0 saturated heterocycles. The van der Waals surface area contributed by atoms with Gasteiger partial charge in [0.15, 0.2) is 0 Å². The third-order valence-electron chi connectivity index (χ3n) is 2.59. The van der Waals surface area contributed by atoms with Crippen molar-refractivity contribution in [2.24, 2.45) is 4.99 Å². The van der Waals surface area contributed by atoms with E-state index in [9.17, 15) is 0 Å². The lowest BCUT2D eigenvalue weighted by atomic mass is 10.2. The van der Waals surface area contributed by atoms with E-state index in [1.807, 2.05) is 6.19 Å². The maximum absolute atomic E-state index is 8.65. The van der Waals surface area contributed by atoms with Crippen molar-refractivity contribution in [3.63, 3.8) is 0 Å². The zero-order valence-electron chi connectivity index (χ0n) is 11.8. The molecule has 0 aliphatic rings. The van der Waals surface area contributed by atoms with Crippen LogP contribution in [0.25, 0.3) is 0 Å². The van der Waals surface area contributed by atoms with E-state index in [1.54, 1.807) is 23.5 Å². The third kappa shape index (κ3) is 12.3. The monoisotopic (exact) mass is 286 g/mol. The van der Waals surface area contributed by atoms with Crippen molar-refractivity contribution in [2.75, 3.05) is 11.5 Å². The van der Waals surface area contributed by atoms with Crippen LogP contribution in [0.15, 0.2) is 4.99 Å². The first-order valence-corrected chi connectivity index (χ1v) is 9.04. The van der Waals surface area contributed by atoms with Crippen LogP contribution in [-0.2, 0) is 0 Å². The van der Waals surface area contributed by atoms with Gasteiger partial charge in [-0.15, -0.1) is 0 Å². The highest BCUT2D eigenvalue weighted by atomic mass is 32.2. The number of rotatable bonds is 10. The maximum atomic E-state index is 8.65. The molecule has 0 radical (unpaired) electrons. The molecule has 0 fully saturated rings. The van der Waals surface area contributed by atoms with Crippen molar-refractivity contribution < 1.29 is 0 Å². The Labute approximate surface area is 121 Å². The van der Waals surface area contributed by atoms with Crippen LogP contribution in [0.4, 0.5) is 0 Å². The molecule has 0 aromatic carbocycles. The quantitative estimate of drug-likeness (QED) is 0.232. The smallest absolute Gasteiger partial charge is 0.170 e. The predicted octanol–water partition coefficient (Wildman–Crippen LogP) is 5.45. The topological polar surface area (TPSA) is 36.1 Å². The predicted molar refractivity (Wildman–Crippen MR) is 86.2 cm³/mol. The Morgan fingerprint density at radius 2 is 1.39 bits per heavy atom. The lowest BCUT2D eigenvalue weighted by molar-refractivity contribution is 0.707. The molecule has 104 valence electrons. The molecular weight excluding hydrogens is 260 g/mol. The number of hydrogen-bond acceptors (Lipinski definition) is 4. The van der Waals surface area contributed by atoms with Crippen LogP contribution in [0.5, 0.6) is 0 Å². The summed E-state index contributed by atoms with van der Waals surface area (Å²) in [6.07, 6.45) is 12.2. The Kier molecular flexibility index (Phi) is 14.8. The van der Waals surface area contributed by atoms with Gasteiger partial charge < -0.3 is 0 Å². The molecule has 0 N–H and O–H groups in total. The summed E-state index contributed by atoms with van der Waals surface area (Å²) in [5, 5.41) is 8.65. The minimum atomic E-state index is 0.963. The van der Waals surface area contributed by atoms with Gasteiger partial charge in [-0.3, -0.25) is 0 Å². The van der Waals surface area contributed by atoms with Gasteiger partial charge in [0, 0.05) is 11.5 Å². The summed E-state index contributed by atoms with van der Waals surface area (Å²) in [6, 6.07) is 0. The van der Waals surface area contributed by atoms with Gasteiger partial charge >= 0.3 is 0 Å². The number of nitriles is 1. The van der Waals surface area contributed by atoms with Crippen LogP contribution < -0.4 is 0 Å². The van der Waals surface area contributed by atoms with Crippen LogP contribution in [-0.4, -0.2) is 15.9 Å². The Bertz CT molecular complexity index is 231. The maximum Gasteiger partial charge on any atom is 0.207 e. The van der Waals surface area contributed by atoms with Crippen molar-refractivity contribution >= 4 is 27.9 Å². The van der Waals surface area contributed by atoms with Gasteiger partial charge in [0.25, 0.3) is 0 Å². The summed E-state index contributed by atoms with van der Waals surface area (Å²) in [6.45, 7) is 4.45. The van der Waals surface area contributed by atoms with Gasteiger partial charge in [0.1, 0.15) is 4.38 Å². The molecule has 0 rings (SSSR count). The molecule has 18 heavy (non-hydrogen) atoms. The van der Waals surface area contributed by atoms with Gasteiger partial charge in [0.05, 0.1) is 0 Å². The van der Waals surface area contributed by atoms with E-state index in [2.05, 4.69) is 18.8 Å². The third-order valence-corrected chi connectivity index (χ3v) is 4.96. The van der Waals surface area contributed by atoms with Crippen LogP contribution in [0, 0.1) is 11.5 Å². The lowest BCUT2D eigenvalue weighted by Gasteiger charge is -2.04. The first-order valence-electron chi connectivity index (χ1n) is 7.07. The molecule has 0 spiro atoms. The fourth-order valence-corrected chi connectivity index (χ4v) is 3.61. The summed E-state index contributed by atoms with van der Waals surface area (Å²) < 4.78 is 0.963. The zero-order chi connectivity index (χ0) is 13.5. The SMILES string of the molecule is CCCCCCSC(=NC#N)SCCCCCC. The molecular formula is C14H26N2S2. The lowest BCUT2D eigenvalue weighted by Crippen LogP contribution is -1.92. The summed E-state index contributed by atoms with van der Waals surface area (Å²) in [5.74, 6) is 2.20. The minimum Gasteiger partial charge on any atom is -0.170 e. The summed E-state index contributed by atoms with van der Waals surface area (Å²) in [5.41, 5.74) is 0. The molecule has 0 heterocycles. The van der Waals surface area contributed by atoms with Gasteiger partial charge in [0.2, 0.25) is 6.19 Å². The van der Waals surface area contributed by atoms with E-state index in [4.69, 9.17) is 5.26 Å². The minimum absolute atomic E-state index is 0.963. The van der Waals surface area contributed by atoms with Gasteiger partial charge in [-0.2, -0.15) is 10.3 Å². The van der Waals surface area contributed by atoms with Gasteiger partial charge in [-0.05, 0) is 12.8 Å². The fraction of sp³-hybridized carbons (Fsp3) is 0.857. The van der Waals surface area contributed by atoms with E-state index in [1.165, 1.54) is 51.4 Å². The first kappa shape index (κ1) is 17.9. The second kappa shape index (κ2) is 14.9. The highest BCUT2D eigenvalue weighted by Crippen LogP contribution is 2.20. The average Bonchev–Trinajstić information content (AvgIpc) is 2.38. The molecule has 0 aliphatic carbocycles. The highest BCUT2D eigenvalue weighted by Gasteiger charge is 2.01. The van der Waals surface area contributed by atoms with Crippen molar-refractivity contribution in [3.05, 3.63) is 0 Å². The average molecular weight is 287 g/mol. The second-order valence-electron chi connectivity index (χ2n) is 4.30. The molecule has 0 saturated carbocycles. The number of thioether (sulfide) groups is 2. The zero-order valence-corrected chi connectivity index (χ0v) is 13.4. The van der Waals surface area contributed by atoms with Crippen LogP contribution >= 0.6 is 23.5 Å². The molecule has 0 atom stereocenters. The number of hydrogen-bond donors (Lipinski definition) is 0. The van der Waals surface area contributed by atoms with Crippen LogP contribution in [0.3, 0.4) is 0 Å². The Morgan fingerprint density at radius 3 is 1.78 bits per heavy atom. The van der Waals surface area contributed by atoms with Crippen LogP contribution in [0.1, 0.15) is 65.2 Å². The van der Waals surface area contributed by atoms with Crippen molar-refractivity contribution in [3.8, 4) is 6.19 Å². The van der Waals surface area contributed by atoms with E-state index >= 15 is 0 Å². The first-order chi connectivity index (χ1) is 8.85. The van der Waals surface area contributed by atoms with E-state index < -0.39 is 0 Å². The standard InChI is InChI=1S/C14H26N2S2/c1-3-5-7-9-11-17-14(16-13-15)18-12-10-8-6-4-2/h3-12H2,1-2H3. The Morgan fingerprint density at radius 1 is 0.889 bits per heavy atom. The molecule has 4 heteroatoms. The fourth-order valence-electron chi connectivity index (χ4n) is 1.52. The molecule has 0 aromatic rings. The van der Waals surface area contributed by atoms with E-state index in [-0.39, 0.29) is 0 Å². The van der Waals surface area contributed by atoms with Crippen molar-refractivity contribution in [1.82, 2.24) is 0 Å². The molecule has 0 aliphatic heterocycles. The van der Waals surface area contributed by atoms with Gasteiger partial charge in [-0.1, -0.05) is 75.9 Å². The van der Waals surface area contributed by atoms with Gasteiger partial charge in [-0.25, -0.2) is 0 Å². The van der Waals surface area contributed by atoms with Crippen molar-refractivity contribution in [1.29, 1.82) is 5.26 Å². The highest BCUT2D eigenvalue weighted by molar-refractivity contribution is 8.38. The van der Waals surface area contributed by atoms with Crippen LogP contribution in [0.2, 0.25) is 0 Å². The Balaban J connectivity index is 3.61. The second-order valence-corrected chi connectivity index (χ2v) is 6.72. The molecule has 0 bridgehead atoms. The Hall–Kier alpha value is -0.140. The largest absolute Gasteiger partial charge is 0.207 e. The molecule has 0 aromatic heterocycles. The van der Waals surface area contributed by atoms with E-state index in [0.29, 0.717) is 0 Å². The summed E-state index contributed by atoms with van der Waals surface area (Å²) in [7, 11) is 0. The molecule has 2 nitrogen and oxygen atoms in total. The summed E-state index contributed by atoms with van der Waals surface area (Å²) in [4.78, 5) is 3.91. The number of aliphatic imine (C=N–C) groups is 1. The van der Waals surface area contributed by atoms with Crippen molar-refractivity contribution in [2.45, 2.75) is 65.2 Å². The summed E-state index contributed by atoms with van der Waals surface area (Å²) >= 11 is 3.50. The molecule has 0 amide bonds. The number of nitrogens with zero attached hydrogens (tertiary/aromatic N) is 2. The molecule has 0 unspecified atom stereocenters. The van der Waals surface area contributed by atoms with E-state index in [0.717, 1.165) is 15.9 Å². The normalized spacial score (nSPS) is 10.1. The number of unbranched alkanes of at least 4 members (excludes halogenated alkanes) is 6.